The lowest BCUT2D eigenvalue weighted by molar-refractivity contribution is -0.146. The third kappa shape index (κ3) is 10.6. The number of nitrogens with zero attached hydrogens (tertiary/aromatic N) is 1. The molecule has 0 radical (unpaired) electrons. The summed E-state index contributed by atoms with van der Waals surface area (Å²) in [6.07, 6.45) is 2.66. The lowest BCUT2D eigenvalue weighted by atomic mass is 9.94. The van der Waals surface area contributed by atoms with E-state index in [1.54, 1.807) is 31.7 Å². The van der Waals surface area contributed by atoms with Crippen LogP contribution < -0.4 is 10.6 Å². The molecule has 0 spiro atoms. The molecule has 0 aliphatic rings. The Balaban J connectivity index is 3.64. The molecule has 3 unspecified atom stereocenters. The van der Waals surface area contributed by atoms with E-state index in [1.807, 2.05) is 58.9 Å². The van der Waals surface area contributed by atoms with Crippen LogP contribution in [0, 0.1) is 11.8 Å². The number of amides is 3. The van der Waals surface area contributed by atoms with Gasteiger partial charge >= 0.3 is 6.09 Å². The zero-order chi connectivity index (χ0) is 28.5. The Bertz CT molecular complexity index is 918. The average Bonchev–Trinajstić information content (AvgIpc) is 2.76. The summed E-state index contributed by atoms with van der Waals surface area (Å²) in [5.41, 5.74) is 0.846. The van der Waals surface area contributed by atoms with Gasteiger partial charge in [0.25, 0.3) is 0 Å². The fourth-order valence-electron chi connectivity index (χ4n) is 4.08. The third-order valence-electron chi connectivity index (χ3n) is 5.92. The number of ether oxygens (including phenoxy) is 1. The fraction of sp³-hybridized carbons (Fsp3) is 0.633. The molecule has 208 valence electrons. The van der Waals surface area contributed by atoms with Crippen LogP contribution in [-0.2, 0) is 14.3 Å². The summed E-state index contributed by atoms with van der Waals surface area (Å²) in [5, 5.41) is 5.78. The van der Waals surface area contributed by atoms with Crippen molar-refractivity contribution in [3.63, 3.8) is 0 Å². The molecule has 37 heavy (non-hydrogen) atoms. The van der Waals surface area contributed by atoms with Gasteiger partial charge in [0.15, 0.2) is 0 Å². The first-order valence-corrected chi connectivity index (χ1v) is 13.4. The largest absolute Gasteiger partial charge is 0.444 e. The lowest BCUT2D eigenvalue weighted by Crippen LogP contribution is -2.57. The van der Waals surface area contributed by atoms with E-state index in [4.69, 9.17) is 4.74 Å². The van der Waals surface area contributed by atoms with Crippen molar-refractivity contribution < 1.29 is 19.1 Å². The highest BCUT2D eigenvalue weighted by Crippen LogP contribution is 2.29. The first kappa shape index (κ1) is 32.2. The summed E-state index contributed by atoms with van der Waals surface area (Å²) >= 11 is 0. The minimum atomic E-state index is -0.876. The van der Waals surface area contributed by atoms with Crippen molar-refractivity contribution in [2.45, 2.75) is 112 Å². The highest BCUT2D eigenvalue weighted by molar-refractivity contribution is 5.92. The van der Waals surface area contributed by atoms with Gasteiger partial charge in [0.1, 0.15) is 17.7 Å². The van der Waals surface area contributed by atoms with Crippen LogP contribution in [0.3, 0.4) is 0 Å². The standard InChI is InChI=1S/C30H49N3O4/c1-12-23-14-13-15-24(18-23)26(27(34)31-21(6)7)33(22(8)17-16-19(2)3)28(35)25(20(4)5)32-29(36)37-30(9,10)11/h12-15,18-22,25-26H,1,16-17H2,2-11H3,(H,31,34)(H,32,36). The molecule has 0 saturated heterocycles. The lowest BCUT2D eigenvalue weighted by Gasteiger charge is -2.40. The predicted molar refractivity (Wildman–Crippen MR) is 151 cm³/mol. The first-order chi connectivity index (χ1) is 17.1. The van der Waals surface area contributed by atoms with E-state index in [1.165, 1.54) is 0 Å². The van der Waals surface area contributed by atoms with Crippen LogP contribution in [0.4, 0.5) is 4.79 Å². The molecule has 7 heteroatoms. The maximum absolute atomic E-state index is 14.3. The SMILES string of the molecule is C=Cc1cccc(C(C(=O)NC(C)C)N(C(=O)C(NC(=O)OC(C)(C)C)C(C)C)C(C)CCC(C)C)c1. The van der Waals surface area contributed by atoms with Crippen LogP contribution in [0.25, 0.3) is 6.08 Å². The van der Waals surface area contributed by atoms with Gasteiger partial charge in [-0.25, -0.2) is 4.79 Å². The number of rotatable bonds is 12. The highest BCUT2D eigenvalue weighted by Gasteiger charge is 2.40. The number of carbonyl (C=O) groups is 3. The number of nitrogens with one attached hydrogen (secondary N) is 2. The Hall–Kier alpha value is -2.83. The van der Waals surface area contributed by atoms with Gasteiger partial charge in [-0.3, -0.25) is 9.59 Å². The molecule has 0 aliphatic heterocycles. The number of carbonyl (C=O) groups excluding carboxylic acids is 3. The maximum Gasteiger partial charge on any atom is 0.408 e. The van der Waals surface area contributed by atoms with E-state index in [0.717, 1.165) is 12.0 Å². The quantitative estimate of drug-likeness (QED) is 0.352. The van der Waals surface area contributed by atoms with Crippen molar-refractivity contribution in [1.82, 2.24) is 15.5 Å². The second-order valence-corrected chi connectivity index (χ2v) is 11.9. The molecule has 0 saturated carbocycles. The second kappa shape index (κ2) is 14.2. The van der Waals surface area contributed by atoms with Crippen molar-refractivity contribution >= 4 is 24.0 Å². The molecular weight excluding hydrogens is 466 g/mol. The molecule has 0 heterocycles. The molecule has 1 rings (SSSR count). The summed E-state index contributed by atoms with van der Waals surface area (Å²) in [5.74, 6) is -0.369. The molecule has 1 aromatic carbocycles. The van der Waals surface area contributed by atoms with Gasteiger partial charge < -0.3 is 20.3 Å². The molecule has 7 nitrogen and oxygen atoms in total. The van der Waals surface area contributed by atoms with Gasteiger partial charge in [-0.15, -0.1) is 0 Å². The van der Waals surface area contributed by atoms with Crippen LogP contribution in [-0.4, -0.2) is 46.5 Å². The Morgan fingerprint density at radius 2 is 1.62 bits per heavy atom. The van der Waals surface area contributed by atoms with Gasteiger partial charge in [0.05, 0.1) is 0 Å². The van der Waals surface area contributed by atoms with Gasteiger partial charge in [0.2, 0.25) is 11.8 Å². The number of alkyl carbamates (subject to hydrolysis) is 1. The zero-order valence-electron chi connectivity index (χ0n) is 24.6. The van der Waals surface area contributed by atoms with Crippen molar-refractivity contribution in [2.24, 2.45) is 11.8 Å². The minimum Gasteiger partial charge on any atom is -0.444 e. The van der Waals surface area contributed by atoms with Crippen LogP contribution in [0.5, 0.6) is 0 Å². The monoisotopic (exact) mass is 515 g/mol. The van der Waals surface area contributed by atoms with Gasteiger partial charge in [-0.05, 0) is 83.4 Å². The topological polar surface area (TPSA) is 87.7 Å². The summed E-state index contributed by atoms with van der Waals surface area (Å²) in [6.45, 7) is 23.0. The summed E-state index contributed by atoms with van der Waals surface area (Å²) in [6, 6.07) is 5.41. The maximum atomic E-state index is 14.3. The summed E-state index contributed by atoms with van der Waals surface area (Å²) in [4.78, 5) is 42.3. The van der Waals surface area contributed by atoms with Crippen molar-refractivity contribution in [1.29, 1.82) is 0 Å². The van der Waals surface area contributed by atoms with Crippen molar-refractivity contribution in [3.05, 3.63) is 42.0 Å². The number of benzene rings is 1. The van der Waals surface area contributed by atoms with Crippen LogP contribution >= 0.6 is 0 Å². The van der Waals surface area contributed by atoms with Crippen molar-refractivity contribution in [2.75, 3.05) is 0 Å². The van der Waals surface area contributed by atoms with E-state index in [2.05, 4.69) is 31.1 Å². The number of hydrogen-bond donors (Lipinski definition) is 2. The smallest absolute Gasteiger partial charge is 0.408 e. The Kier molecular flexibility index (Phi) is 12.4. The molecule has 3 amide bonds. The van der Waals surface area contributed by atoms with Gasteiger partial charge in [-0.2, -0.15) is 0 Å². The van der Waals surface area contributed by atoms with E-state index in [9.17, 15) is 14.4 Å². The number of hydrogen-bond acceptors (Lipinski definition) is 4. The van der Waals surface area contributed by atoms with Gasteiger partial charge in [0, 0.05) is 12.1 Å². The van der Waals surface area contributed by atoms with E-state index >= 15 is 0 Å². The molecule has 0 aliphatic carbocycles. The molecular formula is C30H49N3O4. The summed E-state index contributed by atoms with van der Waals surface area (Å²) < 4.78 is 5.45. The van der Waals surface area contributed by atoms with Crippen LogP contribution in [0.2, 0.25) is 0 Å². The summed E-state index contributed by atoms with van der Waals surface area (Å²) in [7, 11) is 0. The fourth-order valence-corrected chi connectivity index (χ4v) is 4.08. The molecule has 0 aromatic heterocycles. The van der Waals surface area contributed by atoms with Crippen LogP contribution in [0.1, 0.15) is 99.2 Å². The van der Waals surface area contributed by atoms with E-state index < -0.39 is 23.8 Å². The molecule has 1 aromatic rings. The minimum absolute atomic E-state index is 0.110. The zero-order valence-corrected chi connectivity index (χ0v) is 24.6. The predicted octanol–water partition coefficient (Wildman–Crippen LogP) is 6.10. The van der Waals surface area contributed by atoms with Crippen molar-refractivity contribution in [3.8, 4) is 0 Å². The molecule has 2 N–H and O–H groups in total. The molecule has 0 fully saturated rings. The average molecular weight is 516 g/mol. The Morgan fingerprint density at radius 1 is 1.00 bits per heavy atom. The second-order valence-electron chi connectivity index (χ2n) is 11.9. The Morgan fingerprint density at radius 3 is 2.11 bits per heavy atom. The molecule has 3 atom stereocenters. The normalized spacial score (nSPS) is 14.2. The Labute approximate surface area is 224 Å². The molecule has 0 bridgehead atoms. The highest BCUT2D eigenvalue weighted by atomic mass is 16.6. The van der Waals surface area contributed by atoms with Gasteiger partial charge in [-0.1, -0.05) is 58.5 Å². The van der Waals surface area contributed by atoms with E-state index in [-0.39, 0.29) is 29.8 Å². The van der Waals surface area contributed by atoms with Crippen LogP contribution in [0.15, 0.2) is 30.8 Å². The first-order valence-electron chi connectivity index (χ1n) is 13.4. The van der Waals surface area contributed by atoms with E-state index in [0.29, 0.717) is 17.9 Å². The third-order valence-corrected chi connectivity index (χ3v) is 5.92.